The van der Waals surface area contributed by atoms with Gasteiger partial charge in [-0.2, -0.15) is 5.10 Å². The summed E-state index contributed by atoms with van der Waals surface area (Å²) in [4.78, 5) is 17.0. The third kappa shape index (κ3) is 4.67. The van der Waals surface area contributed by atoms with Gasteiger partial charge in [-0.1, -0.05) is 30.3 Å². The van der Waals surface area contributed by atoms with Gasteiger partial charge in [-0.25, -0.2) is 4.68 Å². The van der Waals surface area contributed by atoms with Crippen LogP contribution >= 0.6 is 0 Å². The Morgan fingerprint density at radius 2 is 1.96 bits per heavy atom. The lowest BCUT2D eigenvalue weighted by Gasteiger charge is -2.20. The molecule has 2 heterocycles. The fourth-order valence-corrected chi connectivity index (χ4v) is 3.24. The first-order valence-electron chi connectivity index (χ1n) is 8.92. The van der Waals surface area contributed by atoms with E-state index < -0.39 is 0 Å². The van der Waals surface area contributed by atoms with Gasteiger partial charge in [0.25, 0.3) is 0 Å². The van der Waals surface area contributed by atoms with E-state index in [-0.39, 0.29) is 11.9 Å². The highest BCUT2D eigenvalue weighted by atomic mass is 16.2. The van der Waals surface area contributed by atoms with Gasteiger partial charge in [0.15, 0.2) is 0 Å². The van der Waals surface area contributed by atoms with E-state index in [1.165, 1.54) is 0 Å². The van der Waals surface area contributed by atoms with Crippen molar-refractivity contribution in [2.45, 2.75) is 19.4 Å². The second kappa shape index (κ2) is 8.27. The van der Waals surface area contributed by atoms with Crippen LogP contribution in [-0.2, 0) is 4.79 Å². The Morgan fingerprint density at radius 3 is 2.76 bits per heavy atom. The van der Waals surface area contributed by atoms with Gasteiger partial charge in [0.2, 0.25) is 5.91 Å². The highest BCUT2D eigenvalue weighted by Gasteiger charge is 2.17. The molecule has 2 aromatic rings. The number of anilines is 1. The normalized spacial score (nSPS) is 17.8. The Bertz CT molecular complexity index is 684. The van der Waals surface area contributed by atoms with Crippen LogP contribution in [0.25, 0.3) is 0 Å². The monoisotopic (exact) mass is 341 g/mol. The summed E-state index contributed by atoms with van der Waals surface area (Å²) in [6, 6.07) is 12.1. The van der Waals surface area contributed by atoms with E-state index in [9.17, 15) is 4.79 Å². The van der Waals surface area contributed by atoms with Gasteiger partial charge >= 0.3 is 0 Å². The van der Waals surface area contributed by atoms with Crippen LogP contribution in [0.3, 0.4) is 0 Å². The molecule has 1 unspecified atom stereocenters. The lowest BCUT2D eigenvalue weighted by molar-refractivity contribution is -0.117. The molecule has 1 aliphatic heterocycles. The lowest BCUT2D eigenvalue weighted by atomic mass is 10.1. The Labute approximate surface area is 149 Å². The van der Waals surface area contributed by atoms with E-state index in [0.29, 0.717) is 6.54 Å². The fourth-order valence-electron chi connectivity index (χ4n) is 3.24. The molecular formula is C19H27N5O. The maximum Gasteiger partial charge on any atom is 0.239 e. The topological polar surface area (TPSA) is 53.4 Å². The van der Waals surface area contributed by atoms with Crippen LogP contribution in [0.1, 0.15) is 24.9 Å². The van der Waals surface area contributed by atoms with Crippen LogP contribution in [0.2, 0.25) is 0 Å². The largest absolute Gasteiger partial charge is 0.310 e. The maximum atomic E-state index is 12.5. The van der Waals surface area contributed by atoms with Crippen LogP contribution in [0.15, 0.2) is 42.6 Å². The molecule has 0 aliphatic carbocycles. The van der Waals surface area contributed by atoms with Gasteiger partial charge in [0, 0.05) is 19.2 Å². The van der Waals surface area contributed by atoms with Gasteiger partial charge < -0.3 is 10.2 Å². The number of carbonyl (C=O) groups is 1. The van der Waals surface area contributed by atoms with Crippen molar-refractivity contribution in [3.63, 3.8) is 0 Å². The summed E-state index contributed by atoms with van der Waals surface area (Å²) in [5, 5.41) is 7.43. The molecule has 6 nitrogen and oxygen atoms in total. The van der Waals surface area contributed by atoms with Crippen LogP contribution < -0.4 is 5.32 Å². The molecule has 1 amide bonds. The Balaban J connectivity index is 1.62. The van der Waals surface area contributed by atoms with E-state index in [2.05, 4.69) is 46.3 Å². The summed E-state index contributed by atoms with van der Waals surface area (Å²) in [5.41, 5.74) is 1.16. The van der Waals surface area contributed by atoms with Crippen molar-refractivity contribution in [3.05, 3.63) is 48.2 Å². The number of nitrogens with one attached hydrogen (secondary N) is 1. The molecule has 25 heavy (non-hydrogen) atoms. The molecule has 1 atom stereocenters. The number of hydrogen-bond acceptors (Lipinski definition) is 4. The standard InChI is InChI=1S/C19H27N5O/c1-16(17-7-4-3-5-8-17)24-18(9-10-20-24)21-19(25)15-23-12-6-11-22(2)13-14-23/h3-5,7-10,16H,6,11-15H2,1-2H3,(H,21,25). The average Bonchev–Trinajstić information content (AvgIpc) is 2.97. The van der Waals surface area contributed by atoms with Crippen LogP contribution in [-0.4, -0.2) is 65.3 Å². The van der Waals surface area contributed by atoms with Crippen molar-refractivity contribution in [2.24, 2.45) is 0 Å². The van der Waals surface area contributed by atoms with Crippen LogP contribution in [0, 0.1) is 0 Å². The van der Waals surface area contributed by atoms with Gasteiger partial charge in [0.1, 0.15) is 5.82 Å². The Morgan fingerprint density at radius 1 is 1.16 bits per heavy atom. The highest BCUT2D eigenvalue weighted by Crippen LogP contribution is 2.21. The minimum Gasteiger partial charge on any atom is -0.310 e. The number of nitrogens with zero attached hydrogens (tertiary/aromatic N) is 4. The molecule has 0 spiro atoms. The number of likely N-dealkylation sites (N-methyl/N-ethyl adjacent to an activating group) is 1. The first-order valence-corrected chi connectivity index (χ1v) is 8.92. The zero-order valence-electron chi connectivity index (χ0n) is 15.1. The highest BCUT2D eigenvalue weighted by molar-refractivity contribution is 5.91. The number of aromatic nitrogens is 2. The number of hydrogen-bond donors (Lipinski definition) is 1. The third-order valence-electron chi connectivity index (χ3n) is 4.77. The quantitative estimate of drug-likeness (QED) is 0.905. The summed E-state index contributed by atoms with van der Waals surface area (Å²) >= 11 is 0. The molecule has 134 valence electrons. The summed E-state index contributed by atoms with van der Waals surface area (Å²) in [6.45, 7) is 6.53. The van der Waals surface area contributed by atoms with Crippen molar-refractivity contribution >= 4 is 11.7 Å². The molecule has 0 saturated carbocycles. The van der Waals surface area contributed by atoms with E-state index >= 15 is 0 Å². The SMILES string of the molecule is CC(c1ccccc1)n1nccc1NC(=O)CN1CCCN(C)CC1. The number of benzene rings is 1. The number of amides is 1. The molecule has 1 aliphatic rings. The molecular weight excluding hydrogens is 314 g/mol. The zero-order chi connectivity index (χ0) is 17.6. The van der Waals surface area contributed by atoms with Crippen molar-refractivity contribution in [3.8, 4) is 0 Å². The Kier molecular flexibility index (Phi) is 5.83. The smallest absolute Gasteiger partial charge is 0.239 e. The molecule has 3 rings (SSSR count). The van der Waals surface area contributed by atoms with E-state index in [4.69, 9.17) is 0 Å². The van der Waals surface area contributed by atoms with Crippen molar-refractivity contribution in [1.29, 1.82) is 0 Å². The fraction of sp³-hybridized carbons (Fsp3) is 0.474. The van der Waals surface area contributed by atoms with Gasteiger partial charge in [-0.3, -0.25) is 9.69 Å². The summed E-state index contributed by atoms with van der Waals surface area (Å²) in [5.74, 6) is 0.764. The first-order chi connectivity index (χ1) is 12.1. The van der Waals surface area contributed by atoms with Gasteiger partial charge in [-0.15, -0.1) is 0 Å². The minimum absolute atomic E-state index is 0.0200. The van der Waals surface area contributed by atoms with E-state index in [0.717, 1.165) is 44.0 Å². The Hall–Kier alpha value is -2.18. The van der Waals surface area contributed by atoms with Crippen molar-refractivity contribution < 1.29 is 4.79 Å². The maximum absolute atomic E-state index is 12.5. The minimum atomic E-state index is 0.0200. The summed E-state index contributed by atoms with van der Waals surface area (Å²) in [7, 11) is 2.13. The second-order valence-electron chi connectivity index (χ2n) is 6.73. The summed E-state index contributed by atoms with van der Waals surface area (Å²) < 4.78 is 1.86. The second-order valence-corrected chi connectivity index (χ2v) is 6.73. The van der Waals surface area contributed by atoms with Crippen LogP contribution in [0.5, 0.6) is 0 Å². The molecule has 0 bridgehead atoms. The number of rotatable bonds is 5. The predicted octanol–water partition coefficient (Wildman–Crippen LogP) is 2.07. The lowest BCUT2D eigenvalue weighted by Crippen LogP contribution is -2.36. The van der Waals surface area contributed by atoms with Gasteiger partial charge in [0.05, 0.1) is 18.8 Å². The van der Waals surface area contributed by atoms with E-state index in [1.54, 1.807) is 6.20 Å². The van der Waals surface area contributed by atoms with E-state index in [1.807, 2.05) is 28.9 Å². The molecule has 0 radical (unpaired) electrons. The molecule has 1 aromatic carbocycles. The van der Waals surface area contributed by atoms with Crippen molar-refractivity contribution in [2.75, 3.05) is 45.1 Å². The molecule has 1 N–H and O–H groups in total. The molecule has 1 aromatic heterocycles. The van der Waals surface area contributed by atoms with Gasteiger partial charge in [-0.05, 0) is 39.0 Å². The third-order valence-corrected chi connectivity index (χ3v) is 4.77. The molecule has 1 saturated heterocycles. The van der Waals surface area contributed by atoms with Crippen molar-refractivity contribution in [1.82, 2.24) is 19.6 Å². The molecule has 6 heteroatoms. The average molecular weight is 341 g/mol. The molecule has 1 fully saturated rings. The summed E-state index contributed by atoms with van der Waals surface area (Å²) in [6.07, 6.45) is 2.84. The zero-order valence-corrected chi connectivity index (χ0v) is 15.1. The first kappa shape index (κ1) is 17.6. The predicted molar refractivity (Wildman–Crippen MR) is 99.7 cm³/mol. The number of carbonyl (C=O) groups excluding carboxylic acids is 1. The van der Waals surface area contributed by atoms with Crippen LogP contribution in [0.4, 0.5) is 5.82 Å².